The van der Waals surface area contributed by atoms with Crippen molar-refractivity contribution in [3.05, 3.63) is 59.7 Å². The number of hydrogen-bond donors (Lipinski definition) is 5. The highest BCUT2D eigenvalue weighted by atomic mass is 16.5. The number of carboxylic acid groups (broad SMARTS) is 1. The van der Waals surface area contributed by atoms with Gasteiger partial charge in [-0.05, 0) is 34.9 Å². The second-order valence-corrected chi connectivity index (χ2v) is 9.39. The molecule has 3 aromatic rings. The second kappa shape index (κ2) is 16.3. The van der Waals surface area contributed by atoms with E-state index in [4.69, 9.17) is 14.6 Å². The van der Waals surface area contributed by atoms with Crippen LogP contribution in [0, 0.1) is 0 Å². The van der Waals surface area contributed by atoms with Crippen LogP contribution in [0.25, 0.3) is 11.4 Å². The van der Waals surface area contributed by atoms with Crippen molar-refractivity contribution < 1.29 is 33.8 Å². The summed E-state index contributed by atoms with van der Waals surface area (Å²) < 4.78 is 10.1. The number of aromatic amines is 1. The Labute approximate surface area is 242 Å². The van der Waals surface area contributed by atoms with Gasteiger partial charge in [0.15, 0.2) is 6.61 Å². The molecule has 0 saturated carbocycles. The highest BCUT2D eigenvalue weighted by Crippen LogP contribution is 2.29. The third-order valence-electron chi connectivity index (χ3n) is 6.21. The van der Waals surface area contributed by atoms with Crippen LogP contribution in [0.5, 0.6) is 5.75 Å². The van der Waals surface area contributed by atoms with Crippen molar-refractivity contribution in [1.29, 1.82) is 0 Å². The average molecular weight is 582 g/mol. The van der Waals surface area contributed by atoms with Crippen molar-refractivity contribution in [2.24, 2.45) is 0 Å². The van der Waals surface area contributed by atoms with Crippen molar-refractivity contribution in [3.63, 3.8) is 0 Å². The average Bonchev–Trinajstić information content (AvgIpc) is 3.53. The topological polar surface area (TPSA) is 198 Å². The first-order valence-corrected chi connectivity index (χ1v) is 13.5. The molecule has 14 heteroatoms. The predicted molar refractivity (Wildman–Crippen MR) is 150 cm³/mol. The number of H-pyrrole nitrogens is 1. The van der Waals surface area contributed by atoms with Crippen molar-refractivity contribution in [1.82, 2.24) is 36.6 Å². The van der Waals surface area contributed by atoms with E-state index in [9.17, 15) is 19.2 Å². The highest BCUT2D eigenvalue weighted by molar-refractivity contribution is 5.91. The second-order valence-electron chi connectivity index (χ2n) is 9.39. The molecular weight excluding hydrogens is 546 g/mol. The van der Waals surface area contributed by atoms with Gasteiger partial charge in [0.25, 0.3) is 0 Å². The van der Waals surface area contributed by atoms with Gasteiger partial charge in [0.05, 0.1) is 12.7 Å². The maximum atomic E-state index is 13.5. The molecule has 0 radical (unpaired) electrons. The van der Waals surface area contributed by atoms with Crippen molar-refractivity contribution in [3.8, 4) is 17.1 Å². The van der Waals surface area contributed by atoms with Crippen LogP contribution in [-0.4, -0.2) is 82.0 Å². The molecule has 3 amide bonds. The van der Waals surface area contributed by atoms with Crippen molar-refractivity contribution >= 4 is 23.9 Å². The number of unbranched alkanes of at least 4 members (excludes halogenated alkanes) is 2. The number of aromatic nitrogens is 4. The lowest BCUT2D eigenvalue weighted by Gasteiger charge is -2.23. The summed E-state index contributed by atoms with van der Waals surface area (Å²) in [7, 11) is 1.20. The first kappa shape index (κ1) is 31.5. The number of tetrazole rings is 1. The lowest BCUT2D eigenvalue weighted by molar-refractivity contribution is -0.139. The lowest BCUT2D eigenvalue weighted by Crippen LogP contribution is -2.55. The molecule has 5 N–H and O–H groups in total. The molecule has 42 heavy (non-hydrogen) atoms. The molecule has 224 valence electrons. The summed E-state index contributed by atoms with van der Waals surface area (Å²) in [4.78, 5) is 49.9. The number of carbonyl (C=O) groups excluding carboxylic acids is 3. The molecule has 14 nitrogen and oxygen atoms in total. The first-order valence-electron chi connectivity index (χ1n) is 13.5. The Morgan fingerprint density at radius 2 is 1.69 bits per heavy atom. The zero-order valence-corrected chi connectivity index (χ0v) is 23.5. The minimum Gasteiger partial charge on any atom is -0.481 e. The number of nitrogens with one attached hydrogen (secondary N) is 4. The van der Waals surface area contributed by atoms with Gasteiger partial charge in [-0.25, -0.2) is 9.59 Å². The van der Waals surface area contributed by atoms with Crippen LogP contribution >= 0.6 is 0 Å². The molecule has 3 rings (SSSR count). The Morgan fingerprint density at radius 1 is 0.952 bits per heavy atom. The van der Waals surface area contributed by atoms with E-state index < -0.39 is 42.6 Å². The van der Waals surface area contributed by atoms with Gasteiger partial charge in [-0.15, -0.1) is 10.2 Å². The van der Waals surface area contributed by atoms with Gasteiger partial charge >= 0.3 is 12.1 Å². The van der Waals surface area contributed by atoms with Crippen LogP contribution in [-0.2, 0) is 32.0 Å². The number of nitrogens with zero attached hydrogens (tertiary/aromatic N) is 3. The largest absolute Gasteiger partial charge is 0.481 e. The summed E-state index contributed by atoms with van der Waals surface area (Å²) in [5.41, 5.74) is 1.76. The maximum Gasteiger partial charge on any atom is 0.407 e. The fraction of sp³-hybridized carbons (Fsp3) is 0.393. The summed E-state index contributed by atoms with van der Waals surface area (Å²) in [6.45, 7) is 1.90. The molecule has 0 aliphatic heterocycles. The Kier molecular flexibility index (Phi) is 12.2. The van der Waals surface area contributed by atoms with Crippen molar-refractivity contribution in [2.75, 3.05) is 20.3 Å². The number of amides is 3. The van der Waals surface area contributed by atoms with E-state index in [1.807, 2.05) is 30.3 Å². The van der Waals surface area contributed by atoms with Gasteiger partial charge in [-0.3, -0.25) is 9.59 Å². The van der Waals surface area contributed by atoms with Gasteiger partial charge < -0.3 is 30.5 Å². The Bertz CT molecular complexity index is 1320. The minimum absolute atomic E-state index is 0.0612. The number of alkyl carbamates (subject to hydrolysis) is 1. The first-order chi connectivity index (χ1) is 20.3. The number of aliphatic carboxylic acids is 1. The van der Waals surface area contributed by atoms with Gasteiger partial charge in [0, 0.05) is 19.4 Å². The minimum atomic E-state index is -1.16. The quantitative estimate of drug-likeness (QED) is 0.155. The Balaban J connectivity index is 1.87. The van der Waals surface area contributed by atoms with E-state index in [1.54, 1.807) is 18.2 Å². The number of ether oxygens (including phenoxy) is 2. The van der Waals surface area contributed by atoms with Crippen LogP contribution in [0.4, 0.5) is 4.79 Å². The molecule has 2 aromatic carbocycles. The normalized spacial score (nSPS) is 12.0. The van der Waals surface area contributed by atoms with Crippen LogP contribution in [0.2, 0.25) is 0 Å². The van der Waals surface area contributed by atoms with E-state index in [1.165, 1.54) is 7.11 Å². The lowest BCUT2D eigenvalue weighted by atomic mass is 10.0. The SMILES string of the molecule is CCCCCNC(=O)[C@H](Cc1ccc(OCC(=O)O)c(-c2nn[nH]n2)c1)NC(=O)C(Cc1ccccc1)NC(=O)OC. The molecule has 0 bridgehead atoms. The van der Waals surface area contributed by atoms with E-state index in [2.05, 4.69) is 43.5 Å². The summed E-state index contributed by atoms with van der Waals surface area (Å²) >= 11 is 0. The maximum absolute atomic E-state index is 13.5. The Hall–Kier alpha value is -5.01. The molecule has 1 heterocycles. The summed E-state index contributed by atoms with van der Waals surface area (Å²) in [5.74, 6) is -1.77. The molecule has 0 fully saturated rings. The third-order valence-corrected chi connectivity index (χ3v) is 6.21. The molecule has 0 aliphatic carbocycles. The van der Waals surface area contributed by atoms with Gasteiger partial charge in [0.1, 0.15) is 17.8 Å². The number of carbonyl (C=O) groups is 4. The molecule has 1 unspecified atom stereocenters. The molecule has 0 saturated heterocycles. The van der Waals surface area contributed by atoms with Crippen LogP contribution in [0.1, 0.15) is 37.3 Å². The van der Waals surface area contributed by atoms with E-state index in [0.717, 1.165) is 24.8 Å². The summed E-state index contributed by atoms with van der Waals surface area (Å²) in [6.07, 6.45) is 2.14. The number of carboxylic acids is 1. The monoisotopic (exact) mass is 581 g/mol. The van der Waals surface area contributed by atoms with Crippen molar-refractivity contribution in [2.45, 2.75) is 51.1 Å². The highest BCUT2D eigenvalue weighted by Gasteiger charge is 2.28. The van der Waals surface area contributed by atoms with Gasteiger partial charge in [0.2, 0.25) is 17.6 Å². The zero-order chi connectivity index (χ0) is 30.3. The Morgan fingerprint density at radius 3 is 2.36 bits per heavy atom. The summed E-state index contributed by atoms with van der Waals surface area (Å²) in [5, 5.41) is 31.1. The van der Waals surface area contributed by atoms with E-state index >= 15 is 0 Å². The number of benzene rings is 2. The standard InChI is InChI=1S/C28H35N7O7/c1-3-4-8-13-29-26(38)21(30-27(39)22(31-28(40)41-2)15-18-9-6-5-7-10-18)16-19-11-12-23(42-17-24(36)37)20(14-19)25-32-34-35-33-25/h5-7,9-12,14,21-22H,3-4,8,13,15-17H2,1-2H3,(H,29,38)(H,30,39)(H,31,40)(H,36,37)(H,32,33,34,35)/t21-,22?/m0/s1. The zero-order valence-electron chi connectivity index (χ0n) is 23.5. The predicted octanol–water partition coefficient (Wildman–Crippen LogP) is 1.63. The molecular formula is C28H35N7O7. The fourth-order valence-electron chi connectivity index (χ4n) is 4.11. The van der Waals surface area contributed by atoms with Crippen LogP contribution in [0.15, 0.2) is 48.5 Å². The number of rotatable bonds is 16. The fourth-order valence-corrected chi connectivity index (χ4v) is 4.11. The van der Waals surface area contributed by atoms with E-state index in [0.29, 0.717) is 17.7 Å². The third kappa shape index (κ3) is 9.87. The summed E-state index contributed by atoms with van der Waals surface area (Å²) in [6, 6.07) is 11.9. The molecule has 0 aliphatic rings. The van der Waals surface area contributed by atoms with Crippen LogP contribution in [0.3, 0.4) is 0 Å². The van der Waals surface area contributed by atoms with E-state index in [-0.39, 0.29) is 24.4 Å². The molecule has 0 spiro atoms. The van der Waals surface area contributed by atoms with Gasteiger partial charge in [-0.2, -0.15) is 5.21 Å². The number of methoxy groups -OCH3 is 1. The number of hydrogen-bond acceptors (Lipinski definition) is 9. The van der Waals surface area contributed by atoms with Gasteiger partial charge in [-0.1, -0.05) is 56.2 Å². The molecule has 1 aromatic heterocycles. The van der Waals surface area contributed by atoms with Crippen LogP contribution < -0.4 is 20.7 Å². The smallest absolute Gasteiger partial charge is 0.407 e. The molecule has 2 atom stereocenters.